The molecule has 0 saturated heterocycles. The second-order valence-electron chi connectivity index (χ2n) is 7.93. The number of rotatable bonds is 5. The predicted octanol–water partition coefficient (Wildman–Crippen LogP) is 6.76. The largest absolute Gasteiger partial charge is 0.311 e. The molecule has 3 aliphatic carbocycles. The number of nitrogens with zero attached hydrogens (tertiary/aromatic N) is 1. The molecule has 3 aromatic rings. The Morgan fingerprint density at radius 1 is 0.654 bits per heavy atom. The van der Waals surface area contributed by atoms with E-state index in [-0.39, 0.29) is 0 Å². The van der Waals surface area contributed by atoms with E-state index in [0.717, 1.165) is 0 Å². The normalized spacial score (nSPS) is 25.7. The molecule has 3 saturated carbocycles. The van der Waals surface area contributed by atoms with Gasteiger partial charge in [0.05, 0.1) is 0 Å². The molecule has 0 N–H and O–H groups in total. The fourth-order valence-electron chi connectivity index (χ4n) is 4.95. The summed E-state index contributed by atoms with van der Waals surface area (Å²) in [4.78, 5) is 2.32. The van der Waals surface area contributed by atoms with Gasteiger partial charge in [0.1, 0.15) is 0 Å². The Balaban J connectivity index is 1.49. The van der Waals surface area contributed by atoms with Crippen molar-refractivity contribution >= 4 is 17.1 Å². The molecule has 0 aromatic heterocycles. The zero-order valence-corrected chi connectivity index (χ0v) is 14.9. The van der Waals surface area contributed by atoms with E-state index in [9.17, 15) is 0 Å². The summed E-state index contributed by atoms with van der Waals surface area (Å²) >= 11 is 0. The molecule has 6 rings (SSSR count). The summed E-state index contributed by atoms with van der Waals surface area (Å²) in [5, 5.41) is 0. The van der Waals surface area contributed by atoms with Gasteiger partial charge in [0.15, 0.2) is 0 Å². The molecule has 0 aliphatic heterocycles. The minimum Gasteiger partial charge on any atom is -0.311 e. The van der Waals surface area contributed by atoms with Crippen molar-refractivity contribution in [2.75, 3.05) is 4.90 Å². The van der Waals surface area contributed by atoms with Gasteiger partial charge in [-0.2, -0.15) is 0 Å². The Bertz CT molecular complexity index is 866. The molecular weight excluding hydrogens is 314 g/mol. The van der Waals surface area contributed by atoms with Crippen LogP contribution in [0.25, 0.3) is 0 Å². The Morgan fingerprint density at radius 3 is 1.58 bits per heavy atom. The number of para-hydroxylation sites is 2. The molecule has 26 heavy (non-hydrogen) atoms. The number of hydrogen-bond donors (Lipinski definition) is 0. The van der Waals surface area contributed by atoms with Gasteiger partial charge in [-0.25, -0.2) is 0 Å². The molecule has 0 amide bonds. The molecular formula is C25H23N. The van der Waals surface area contributed by atoms with Gasteiger partial charge in [-0.05, 0) is 72.1 Å². The van der Waals surface area contributed by atoms with Crippen LogP contribution in [0.5, 0.6) is 0 Å². The maximum atomic E-state index is 4.01. The Labute approximate surface area is 155 Å². The fourth-order valence-corrected chi connectivity index (χ4v) is 4.95. The van der Waals surface area contributed by atoms with Crippen LogP contribution in [0, 0.1) is 5.41 Å². The van der Waals surface area contributed by atoms with Gasteiger partial charge in [-0.15, -0.1) is 6.58 Å². The van der Waals surface area contributed by atoms with E-state index in [1.54, 1.807) is 0 Å². The zero-order chi connectivity index (χ0) is 17.6. The fraction of sp³-hybridized carbons (Fsp3) is 0.200. The standard InChI is InChI=1S/C25H23N/c1-2-24-17-25(18-24,19-24)20-13-15-23(16-14-20)26(21-9-5-3-6-10-21)22-11-7-4-8-12-22/h2-16H,1,17-19H2. The number of benzene rings is 3. The first-order valence-electron chi connectivity index (χ1n) is 9.38. The quantitative estimate of drug-likeness (QED) is 0.465. The Morgan fingerprint density at radius 2 is 1.12 bits per heavy atom. The molecule has 0 heterocycles. The van der Waals surface area contributed by atoms with Crippen molar-refractivity contribution in [2.45, 2.75) is 24.7 Å². The second kappa shape index (κ2) is 5.60. The lowest BCUT2D eigenvalue weighted by atomic mass is 9.33. The highest BCUT2D eigenvalue weighted by atomic mass is 15.1. The van der Waals surface area contributed by atoms with E-state index in [4.69, 9.17) is 0 Å². The van der Waals surface area contributed by atoms with Crippen molar-refractivity contribution in [2.24, 2.45) is 5.41 Å². The van der Waals surface area contributed by atoms with E-state index in [2.05, 4.69) is 102 Å². The van der Waals surface area contributed by atoms with E-state index in [0.29, 0.717) is 10.8 Å². The van der Waals surface area contributed by atoms with Crippen LogP contribution >= 0.6 is 0 Å². The van der Waals surface area contributed by atoms with Crippen molar-refractivity contribution in [3.8, 4) is 0 Å². The zero-order valence-electron chi connectivity index (χ0n) is 14.9. The molecule has 3 fully saturated rings. The maximum absolute atomic E-state index is 4.01. The van der Waals surface area contributed by atoms with E-state index in [1.807, 2.05) is 0 Å². The maximum Gasteiger partial charge on any atom is 0.0461 e. The highest BCUT2D eigenvalue weighted by Gasteiger charge is 2.66. The minimum atomic E-state index is 0.428. The van der Waals surface area contributed by atoms with Crippen LogP contribution in [0.4, 0.5) is 17.1 Å². The van der Waals surface area contributed by atoms with Gasteiger partial charge in [0, 0.05) is 17.1 Å². The van der Waals surface area contributed by atoms with Crippen LogP contribution < -0.4 is 4.90 Å². The van der Waals surface area contributed by atoms with Crippen LogP contribution in [-0.4, -0.2) is 0 Å². The third-order valence-corrected chi connectivity index (χ3v) is 6.27. The number of hydrogen-bond acceptors (Lipinski definition) is 1. The molecule has 1 heteroatoms. The van der Waals surface area contributed by atoms with E-state index >= 15 is 0 Å². The summed E-state index contributed by atoms with van der Waals surface area (Å²) in [5.41, 5.74) is 5.95. The molecule has 0 unspecified atom stereocenters. The van der Waals surface area contributed by atoms with Gasteiger partial charge in [0.25, 0.3) is 0 Å². The summed E-state index contributed by atoms with van der Waals surface area (Å²) in [6, 6.07) is 30.4. The number of allylic oxidation sites excluding steroid dienone is 1. The summed E-state index contributed by atoms with van der Waals surface area (Å²) in [5.74, 6) is 0. The minimum absolute atomic E-state index is 0.428. The van der Waals surface area contributed by atoms with Gasteiger partial charge in [-0.1, -0.05) is 54.6 Å². The molecule has 128 valence electrons. The third kappa shape index (κ3) is 2.24. The number of anilines is 3. The van der Waals surface area contributed by atoms with E-state index < -0.39 is 0 Å². The highest BCUT2D eigenvalue weighted by Crippen LogP contribution is 2.74. The molecule has 1 nitrogen and oxygen atoms in total. The van der Waals surface area contributed by atoms with Crippen molar-refractivity contribution in [3.05, 3.63) is 103 Å². The van der Waals surface area contributed by atoms with Crippen molar-refractivity contribution < 1.29 is 0 Å². The topological polar surface area (TPSA) is 3.24 Å². The van der Waals surface area contributed by atoms with Crippen LogP contribution in [0.3, 0.4) is 0 Å². The third-order valence-electron chi connectivity index (χ3n) is 6.27. The molecule has 3 aromatic carbocycles. The first-order chi connectivity index (χ1) is 12.7. The Hall–Kier alpha value is -2.80. The van der Waals surface area contributed by atoms with Crippen molar-refractivity contribution in [1.29, 1.82) is 0 Å². The summed E-state index contributed by atoms with van der Waals surface area (Å²) < 4.78 is 0. The van der Waals surface area contributed by atoms with Gasteiger partial charge >= 0.3 is 0 Å². The van der Waals surface area contributed by atoms with Crippen LogP contribution in [0.15, 0.2) is 97.6 Å². The van der Waals surface area contributed by atoms with E-state index in [1.165, 1.54) is 41.9 Å². The van der Waals surface area contributed by atoms with Gasteiger partial charge in [-0.3, -0.25) is 0 Å². The average molecular weight is 337 g/mol. The lowest BCUT2D eigenvalue weighted by Crippen LogP contribution is -2.63. The summed E-state index contributed by atoms with van der Waals surface area (Å²) in [7, 11) is 0. The average Bonchev–Trinajstić information content (AvgIpc) is 2.63. The van der Waals surface area contributed by atoms with Crippen LogP contribution in [0.1, 0.15) is 24.8 Å². The predicted molar refractivity (Wildman–Crippen MR) is 109 cm³/mol. The molecule has 0 spiro atoms. The Kier molecular flexibility index (Phi) is 3.33. The van der Waals surface area contributed by atoms with Crippen LogP contribution in [0.2, 0.25) is 0 Å². The molecule has 2 bridgehead atoms. The van der Waals surface area contributed by atoms with Gasteiger partial charge < -0.3 is 4.90 Å². The van der Waals surface area contributed by atoms with Crippen LogP contribution in [-0.2, 0) is 5.41 Å². The highest BCUT2D eigenvalue weighted by molar-refractivity contribution is 5.76. The lowest BCUT2D eigenvalue weighted by Gasteiger charge is -2.70. The summed E-state index contributed by atoms with van der Waals surface area (Å²) in [6.45, 7) is 4.01. The molecule has 3 aliphatic rings. The molecule has 0 radical (unpaired) electrons. The van der Waals surface area contributed by atoms with Crippen molar-refractivity contribution in [1.82, 2.24) is 0 Å². The molecule has 0 atom stereocenters. The second-order valence-corrected chi connectivity index (χ2v) is 7.93. The van der Waals surface area contributed by atoms with Crippen molar-refractivity contribution in [3.63, 3.8) is 0 Å². The summed E-state index contributed by atoms with van der Waals surface area (Å²) in [6.07, 6.45) is 6.02. The first kappa shape index (κ1) is 15.5. The lowest BCUT2D eigenvalue weighted by molar-refractivity contribution is -0.0994. The SMILES string of the molecule is C=CC12CC(c3ccc(N(c4ccccc4)c4ccccc4)cc3)(C1)C2. The monoisotopic (exact) mass is 337 g/mol. The first-order valence-corrected chi connectivity index (χ1v) is 9.38. The van der Waals surface area contributed by atoms with Gasteiger partial charge in [0.2, 0.25) is 0 Å². The smallest absolute Gasteiger partial charge is 0.0461 e.